The molecule has 2 aromatic carbocycles. The molecule has 0 spiro atoms. The first-order valence-electron chi connectivity index (χ1n) is 9.03. The van der Waals surface area contributed by atoms with Crippen LogP contribution in [0.25, 0.3) is 11.1 Å². The van der Waals surface area contributed by atoms with Gasteiger partial charge in [0.15, 0.2) is 0 Å². The predicted molar refractivity (Wildman–Crippen MR) is 117 cm³/mol. The molecule has 1 aliphatic heterocycles. The van der Waals surface area contributed by atoms with Crippen molar-refractivity contribution in [2.75, 3.05) is 0 Å². The Morgan fingerprint density at radius 1 is 0.759 bits per heavy atom. The van der Waals surface area contributed by atoms with Crippen LogP contribution in [0.1, 0.15) is 52.7 Å². The van der Waals surface area contributed by atoms with Gasteiger partial charge in [0, 0.05) is 0 Å². The van der Waals surface area contributed by atoms with Crippen molar-refractivity contribution in [3.05, 3.63) is 54.7 Å². The molecule has 3 rings (SSSR count). The van der Waals surface area contributed by atoms with Gasteiger partial charge in [-0.3, -0.25) is 0 Å². The zero-order valence-electron chi connectivity index (χ0n) is 17.1. The molecule has 29 heavy (non-hydrogen) atoms. The van der Waals surface area contributed by atoms with E-state index in [1.807, 2.05) is 77.9 Å². The molecule has 0 amide bonds. The Kier molecular flexibility index (Phi) is 5.40. The average Bonchev–Trinajstić information content (AvgIpc) is 2.85. The summed E-state index contributed by atoms with van der Waals surface area (Å²) in [5.41, 5.74) is -2.54. The van der Waals surface area contributed by atoms with Crippen LogP contribution >= 0.6 is 20.2 Å². The van der Waals surface area contributed by atoms with Crippen LogP contribution in [0.15, 0.2) is 36.4 Å². The summed E-state index contributed by atoms with van der Waals surface area (Å²) in [6, 6.07) is 11.3. The molecule has 0 atom stereocenters. The van der Waals surface area contributed by atoms with Crippen molar-refractivity contribution in [2.45, 2.75) is 57.9 Å². The van der Waals surface area contributed by atoms with Crippen LogP contribution in [0.2, 0.25) is 0 Å². The van der Waals surface area contributed by atoms with Gasteiger partial charge in [0.2, 0.25) is 0 Å². The first-order valence-corrected chi connectivity index (χ1v) is 13.5. The third-order valence-electron chi connectivity index (χ3n) is 4.76. The van der Waals surface area contributed by atoms with Gasteiger partial charge in [-0.05, 0) is 0 Å². The minimum absolute atomic E-state index is 0.231. The van der Waals surface area contributed by atoms with E-state index in [0.717, 1.165) is 22.3 Å². The first kappa shape index (κ1) is 22.6. The monoisotopic (exact) mass is 540 g/mol. The van der Waals surface area contributed by atoms with Gasteiger partial charge in [0.1, 0.15) is 0 Å². The molecule has 3 nitrogen and oxygen atoms in total. The molecule has 0 saturated heterocycles. The fourth-order valence-corrected chi connectivity index (χ4v) is 10.4. The van der Waals surface area contributed by atoms with E-state index in [1.54, 1.807) is 0 Å². The van der Waals surface area contributed by atoms with Crippen molar-refractivity contribution >= 4 is 30.4 Å². The zero-order valence-corrected chi connectivity index (χ0v) is 20.1. The SMILES string of the molecule is CC(C)(C)c1ccc2c(c1)I(OS(=O)(=O)C(F)(F)F)c1cc(C(C)(C)C)ccc1-2. The van der Waals surface area contributed by atoms with E-state index < -0.39 is 35.9 Å². The van der Waals surface area contributed by atoms with Gasteiger partial charge >= 0.3 is 178 Å². The van der Waals surface area contributed by atoms with Crippen LogP contribution in [-0.2, 0) is 23.5 Å². The second kappa shape index (κ2) is 6.95. The van der Waals surface area contributed by atoms with Gasteiger partial charge in [0.25, 0.3) is 0 Å². The third kappa shape index (κ3) is 4.20. The molecular formula is C21H24F3IO3S. The van der Waals surface area contributed by atoms with E-state index in [4.69, 9.17) is 2.51 Å². The quantitative estimate of drug-likeness (QED) is 0.319. The van der Waals surface area contributed by atoms with E-state index in [9.17, 15) is 21.6 Å². The number of fused-ring (bicyclic) bond motifs is 3. The number of hydrogen-bond acceptors (Lipinski definition) is 3. The Labute approximate surface area is 177 Å². The molecule has 0 saturated carbocycles. The third-order valence-corrected chi connectivity index (χ3v) is 12.0. The van der Waals surface area contributed by atoms with Crippen LogP contribution in [0.3, 0.4) is 0 Å². The number of halogens is 4. The fourth-order valence-electron chi connectivity index (χ4n) is 2.98. The fraction of sp³-hybridized carbons (Fsp3) is 0.429. The Bertz CT molecular complexity index is 999. The van der Waals surface area contributed by atoms with Crippen molar-refractivity contribution < 1.29 is 24.1 Å². The maximum absolute atomic E-state index is 13.1. The van der Waals surface area contributed by atoms with Crippen molar-refractivity contribution in [3.63, 3.8) is 0 Å². The number of benzene rings is 2. The molecule has 8 heteroatoms. The summed E-state index contributed by atoms with van der Waals surface area (Å²) in [4.78, 5) is 0. The molecule has 0 aromatic heterocycles. The van der Waals surface area contributed by atoms with Crippen molar-refractivity contribution in [1.82, 2.24) is 0 Å². The van der Waals surface area contributed by atoms with Crippen LogP contribution in [0, 0.1) is 7.14 Å². The summed E-state index contributed by atoms with van der Waals surface area (Å²) in [5.74, 6) is 0. The van der Waals surface area contributed by atoms with Crippen molar-refractivity contribution in [3.8, 4) is 11.1 Å². The number of alkyl halides is 3. The van der Waals surface area contributed by atoms with E-state index in [-0.39, 0.29) is 10.8 Å². The number of rotatable bonds is 2. The average molecular weight is 540 g/mol. The van der Waals surface area contributed by atoms with Crippen LogP contribution in [0.4, 0.5) is 13.2 Å². The second-order valence-corrected chi connectivity index (χ2v) is 15.4. The zero-order chi connectivity index (χ0) is 22.0. The van der Waals surface area contributed by atoms with Gasteiger partial charge in [-0.25, -0.2) is 0 Å². The summed E-state index contributed by atoms with van der Waals surface area (Å²) in [7, 11) is -5.69. The minimum atomic E-state index is -5.69. The van der Waals surface area contributed by atoms with Crippen LogP contribution < -0.4 is 0 Å². The van der Waals surface area contributed by atoms with Gasteiger partial charge in [-0.15, -0.1) is 0 Å². The summed E-state index contributed by atoms with van der Waals surface area (Å²) >= 11 is -3.34. The standard InChI is InChI=1S/C21H24F3IO3S/c1-19(2,3)13-7-9-15-16-10-8-14(20(4,5)6)12-18(16)25(17(15)11-13)28-29(26,27)21(22,23)24/h7-12H,1-6H3. The topological polar surface area (TPSA) is 43.4 Å². The van der Waals surface area contributed by atoms with E-state index >= 15 is 0 Å². The number of hydrogen-bond donors (Lipinski definition) is 0. The van der Waals surface area contributed by atoms with Gasteiger partial charge in [-0.1, -0.05) is 0 Å². The molecule has 1 aliphatic rings. The molecule has 2 aromatic rings. The van der Waals surface area contributed by atoms with Crippen LogP contribution in [-0.4, -0.2) is 13.9 Å². The molecule has 0 aliphatic carbocycles. The molecule has 0 radical (unpaired) electrons. The molecule has 160 valence electrons. The van der Waals surface area contributed by atoms with Gasteiger partial charge in [-0.2, -0.15) is 0 Å². The summed E-state index contributed by atoms with van der Waals surface area (Å²) in [6.45, 7) is 12.0. The Morgan fingerprint density at radius 3 is 1.45 bits per heavy atom. The molecular weight excluding hydrogens is 516 g/mol. The second-order valence-electron chi connectivity index (χ2n) is 9.10. The molecule has 0 N–H and O–H groups in total. The maximum atomic E-state index is 13.1. The van der Waals surface area contributed by atoms with Gasteiger partial charge in [0.05, 0.1) is 0 Å². The van der Waals surface area contributed by atoms with Crippen molar-refractivity contribution in [1.29, 1.82) is 0 Å². The Morgan fingerprint density at radius 2 is 1.14 bits per heavy atom. The summed E-state index contributed by atoms with van der Waals surface area (Å²) in [6.07, 6.45) is 0. The van der Waals surface area contributed by atoms with E-state index in [1.165, 1.54) is 0 Å². The summed E-state index contributed by atoms with van der Waals surface area (Å²) in [5, 5.41) is 0. The molecule has 0 fully saturated rings. The summed E-state index contributed by atoms with van der Waals surface area (Å²) < 4.78 is 69.2. The van der Waals surface area contributed by atoms with Crippen molar-refractivity contribution in [2.24, 2.45) is 0 Å². The molecule has 0 bridgehead atoms. The predicted octanol–water partition coefficient (Wildman–Crippen LogP) is 6.59. The Hall–Kier alpha value is -1.13. The van der Waals surface area contributed by atoms with Crippen LogP contribution in [0.5, 0.6) is 0 Å². The van der Waals surface area contributed by atoms with Gasteiger partial charge < -0.3 is 0 Å². The van der Waals surface area contributed by atoms with E-state index in [2.05, 4.69) is 0 Å². The normalized spacial score (nSPS) is 16.0. The molecule has 0 unspecified atom stereocenters. The molecule has 1 heterocycles. The van der Waals surface area contributed by atoms with E-state index in [0.29, 0.717) is 7.14 Å². The Balaban J connectivity index is 2.23. The first-order chi connectivity index (χ1) is 13.0.